The summed E-state index contributed by atoms with van der Waals surface area (Å²) in [7, 11) is 0. The second kappa shape index (κ2) is 2.52. The molecule has 1 atom stereocenters. The van der Waals surface area contributed by atoms with Crippen LogP contribution in [0, 0.1) is 0 Å². The minimum atomic E-state index is 0.462. The molecule has 1 aliphatic carbocycles. The third kappa shape index (κ3) is 1.27. The van der Waals surface area contributed by atoms with Gasteiger partial charge in [0.05, 0.1) is 11.1 Å². The van der Waals surface area contributed by atoms with Crippen molar-refractivity contribution in [2.75, 3.05) is 0 Å². The number of thioether (sulfide) groups is 1. The van der Waals surface area contributed by atoms with Gasteiger partial charge in [-0.1, -0.05) is 23.4 Å². The molecule has 0 bridgehead atoms. The standard InChI is InChI=1S/C9H11NS/c1-6-3-4-8-9(5-6)11-7(2)10-8/h3,5,8H,4H2,1-2H3. The quantitative estimate of drug-likeness (QED) is 0.537. The van der Waals surface area contributed by atoms with Gasteiger partial charge < -0.3 is 0 Å². The van der Waals surface area contributed by atoms with E-state index >= 15 is 0 Å². The van der Waals surface area contributed by atoms with Crippen molar-refractivity contribution in [1.82, 2.24) is 0 Å². The molecule has 2 rings (SSSR count). The van der Waals surface area contributed by atoms with Crippen LogP contribution in [-0.2, 0) is 0 Å². The van der Waals surface area contributed by atoms with Crippen molar-refractivity contribution in [2.24, 2.45) is 4.99 Å². The molecule has 0 fully saturated rings. The zero-order valence-corrected chi connectivity index (χ0v) is 7.61. The molecule has 0 aromatic carbocycles. The van der Waals surface area contributed by atoms with Crippen molar-refractivity contribution in [3.05, 3.63) is 22.6 Å². The Bertz CT molecular complexity index is 273. The van der Waals surface area contributed by atoms with Gasteiger partial charge in [0.25, 0.3) is 0 Å². The van der Waals surface area contributed by atoms with Crippen molar-refractivity contribution in [2.45, 2.75) is 26.3 Å². The maximum atomic E-state index is 4.51. The Labute approximate surface area is 71.3 Å². The summed E-state index contributed by atoms with van der Waals surface area (Å²) < 4.78 is 0. The fraction of sp³-hybridized carbons (Fsp3) is 0.444. The van der Waals surface area contributed by atoms with E-state index < -0.39 is 0 Å². The van der Waals surface area contributed by atoms with Gasteiger partial charge in [0.15, 0.2) is 0 Å². The van der Waals surface area contributed by atoms with Crippen LogP contribution in [-0.4, -0.2) is 11.1 Å². The average Bonchev–Trinajstić information content (AvgIpc) is 2.27. The second-order valence-electron chi connectivity index (χ2n) is 3.00. The zero-order valence-electron chi connectivity index (χ0n) is 6.79. The topological polar surface area (TPSA) is 12.4 Å². The van der Waals surface area contributed by atoms with E-state index in [0.717, 1.165) is 6.42 Å². The minimum Gasteiger partial charge on any atom is -0.274 e. The van der Waals surface area contributed by atoms with Gasteiger partial charge >= 0.3 is 0 Å². The summed E-state index contributed by atoms with van der Waals surface area (Å²) in [6.45, 7) is 4.23. The molecule has 1 aliphatic heterocycles. The van der Waals surface area contributed by atoms with Crippen LogP contribution in [0.25, 0.3) is 0 Å². The fourth-order valence-electron chi connectivity index (χ4n) is 1.42. The molecule has 0 saturated carbocycles. The maximum Gasteiger partial charge on any atom is 0.0855 e. The van der Waals surface area contributed by atoms with Crippen molar-refractivity contribution in [3.8, 4) is 0 Å². The van der Waals surface area contributed by atoms with Crippen molar-refractivity contribution < 1.29 is 0 Å². The highest BCUT2D eigenvalue weighted by Crippen LogP contribution is 2.36. The first-order chi connectivity index (χ1) is 5.25. The van der Waals surface area contributed by atoms with Gasteiger partial charge in [-0.3, -0.25) is 4.99 Å². The molecule has 0 radical (unpaired) electrons. The molecule has 0 saturated heterocycles. The monoisotopic (exact) mass is 165 g/mol. The highest BCUT2D eigenvalue weighted by Gasteiger charge is 2.22. The van der Waals surface area contributed by atoms with E-state index in [9.17, 15) is 0 Å². The van der Waals surface area contributed by atoms with Crippen LogP contribution in [0.15, 0.2) is 27.6 Å². The molecule has 0 N–H and O–H groups in total. The lowest BCUT2D eigenvalue weighted by Crippen LogP contribution is -2.03. The summed E-state index contributed by atoms with van der Waals surface area (Å²) in [5, 5.41) is 1.21. The third-order valence-electron chi connectivity index (χ3n) is 1.96. The lowest BCUT2D eigenvalue weighted by atomic mass is 10.0. The van der Waals surface area contributed by atoms with Crippen LogP contribution in [0.5, 0.6) is 0 Å². The van der Waals surface area contributed by atoms with E-state index in [0.29, 0.717) is 6.04 Å². The molecule has 11 heavy (non-hydrogen) atoms. The molecule has 58 valence electrons. The summed E-state index contributed by atoms with van der Waals surface area (Å²) in [6, 6.07) is 0.462. The van der Waals surface area contributed by atoms with Crippen LogP contribution < -0.4 is 0 Å². The number of allylic oxidation sites excluding steroid dienone is 2. The minimum absolute atomic E-state index is 0.462. The SMILES string of the molecule is CC1=CCC2N=C(C)SC2=C1. The molecule has 0 aromatic rings. The Kier molecular flexibility index (Phi) is 1.64. The first-order valence-electron chi connectivity index (χ1n) is 3.86. The normalized spacial score (nSPS) is 28.9. The molecule has 0 spiro atoms. The first kappa shape index (κ1) is 7.17. The number of fused-ring (bicyclic) bond motifs is 1. The first-order valence-corrected chi connectivity index (χ1v) is 4.68. The number of aliphatic imine (C=N–C) groups is 1. The highest BCUT2D eigenvalue weighted by atomic mass is 32.2. The average molecular weight is 165 g/mol. The molecular weight excluding hydrogens is 154 g/mol. The third-order valence-corrected chi connectivity index (χ3v) is 2.99. The van der Waals surface area contributed by atoms with E-state index in [1.165, 1.54) is 15.5 Å². The van der Waals surface area contributed by atoms with E-state index in [-0.39, 0.29) is 0 Å². The Hall–Kier alpha value is -0.500. The lowest BCUT2D eigenvalue weighted by Gasteiger charge is -2.11. The van der Waals surface area contributed by atoms with Crippen LogP contribution in [0.1, 0.15) is 20.3 Å². The van der Waals surface area contributed by atoms with Crippen molar-refractivity contribution in [1.29, 1.82) is 0 Å². The molecule has 0 amide bonds. The Morgan fingerprint density at radius 2 is 2.36 bits per heavy atom. The van der Waals surface area contributed by atoms with E-state index in [2.05, 4.69) is 31.0 Å². The maximum absolute atomic E-state index is 4.51. The van der Waals surface area contributed by atoms with E-state index in [4.69, 9.17) is 0 Å². The van der Waals surface area contributed by atoms with Gasteiger partial charge in [-0.2, -0.15) is 0 Å². The van der Waals surface area contributed by atoms with Crippen LogP contribution in [0.2, 0.25) is 0 Å². The van der Waals surface area contributed by atoms with Crippen LogP contribution in [0.3, 0.4) is 0 Å². The van der Waals surface area contributed by atoms with Gasteiger partial charge in [-0.25, -0.2) is 0 Å². The summed E-state index contributed by atoms with van der Waals surface area (Å²) >= 11 is 1.82. The molecule has 1 nitrogen and oxygen atoms in total. The highest BCUT2D eigenvalue weighted by molar-refractivity contribution is 8.17. The Morgan fingerprint density at radius 1 is 1.55 bits per heavy atom. The number of rotatable bonds is 0. The molecule has 2 heteroatoms. The Morgan fingerprint density at radius 3 is 3.18 bits per heavy atom. The van der Waals surface area contributed by atoms with Gasteiger partial charge in [-0.15, -0.1) is 0 Å². The summed E-state index contributed by atoms with van der Waals surface area (Å²) in [5.41, 5.74) is 1.38. The molecule has 1 unspecified atom stereocenters. The number of nitrogens with zero attached hydrogens (tertiary/aromatic N) is 1. The smallest absolute Gasteiger partial charge is 0.0855 e. The summed E-state index contributed by atoms with van der Waals surface area (Å²) in [6.07, 6.45) is 5.61. The predicted octanol–water partition coefficient (Wildman–Crippen LogP) is 2.75. The van der Waals surface area contributed by atoms with Crippen LogP contribution >= 0.6 is 11.8 Å². The Balaban J connectivity index is 2.27. The second-order valence-corrected chi connectivity index (χ2v) is 4.26. The lowest BCUT2D eigenvalue weighted by molar-refractivity contribution is 0.818. The molecular formula is C9H11NS. The van der Waals surface area contributed by atoms with Gasteiger partial charge in [0, 0.05) is 4.91 Å². The van der Waals surface area contributed by atoms with E-state index in [1.54, 1.807) is 0 Å². The fourth-order valence-corrected chi connectivity index (χ4v) is 2.47. The van der Waals surface area contributed by atoms with Gasteiger partial charge in [0.2, 0.25) is 0 Å². The van der Waals surface area contributed by atoms with Crippen LogP contribution in [0.4, 0.5) is 0 Å². The molecule has 1 heterocycles. The summed E-state index contributed by atoms with van der Waals surface area (Å²) in [5.74, 6) is 0. The van der Waals surface area contributed by atoms with E-state index in [1.807, 2.05) is 11.8 Å². The predicted molar refractivity (Wildman–Crippen MR) is 50.9 cm³/mol. The largest absolute Gasteiger partial charge is 0.274 e. The molecule has 0 aromatic heterocycles. The summed E-state index contributed by atoms with van der Waals surface area (Å²) in [4.78, 5) is 5.94. The zero-order chi connectivity index (χ0) is 7.84. The number of hydrogen-bond donors (Lipinski definition) is 0. The van der Waals surface area contributed by atoms with Crippen molar-refractivity contribution >= 4 is 16.8 Å². The van der Waals surface area contributed by atoms with Gasteiger partial charge in [0.1, 0.15) is 0 Å². The molecule has 2 aliphatic rings. The van der Waals surface area contributed by atoms with Crippen molar-refractivity contribution in [3.63, 3.8) is 0 Å². The number of hydrogen-bond acceptors (Lipinski definition) is 2. The van der Waals surface area contributed by atoms with Gasteiger partial charge in [-0.05, 0) is 26.3 Å².